The summed E-state index contributed by atoms with van der Waals surface area (Å²) in [4.78, 5) is 2.23. The number of nitrogens with zero attached hydrogens (tertiary/aromatic N) is 1. The molecule has 3 heteroatoms. The summed E-state index contributed by atoms with van der Waals surface area (Å²) in [7, 11) is 3.68. The van der Waals surface area contributed by atoms with Crippen LogP contribution in [0.1, 0.15) is 6.92 Å². The zero-order chi connectivity index (χ0) is 7.82. The lowest BCUT2D eigenvalue weighted by atomic mass is 10.5. The minimum Gasteiger partial charge on any atom is -0.369 e. The van der Waals surface area contributed by atoms with Crippen molar-refractivity contribution < 1.29 is 4.74 Å². The minimum absolute atomic E-state index is 0.734. The molecule has 0 aliphatic heterocycles. The quantitative estimate of drug-likeness (QED) is 0.539. The lowest BCUT2D eigenvalue weighted by Gasteiger charge is -2.18. The number of rotatable bonds is 6. The van der Waals surface area contributed by atoms with Crippen LogP contribution in [0, 0.1) is 0 Å². The molecule has 0 bridgehead atoms. The first-order chi connectivity index (χ1) is 4.85. The maximum Gasteiger partial charge on any atom is 0.0986 e. The van der Waals surface area contributed by atoms with Crippen molar-refractivity contribution in [1.29, 1.82) is 0 Å². The molecular formula is C7H18N2O. The van der Waals surface area contributed by atoms with Gasteiger partial charge in [-0.1, -0.05) is 6.92 Å². The van der Waals surface area contributed by atoms with Crippen LogP contribution < -0.4 is 5.32 Å². The van der Waals surface area contributed by atoms with Crippen LogP contribution in [0.5, 0.6) is 0 Å². The molecule has 62 valence electrons. The lowest BCUT2D eigenvalue weighted by molar-refractivity contribution is 0.0681. The number of ether oxygens (including phenoxy) is 1. The molecule has 0 aromatic carbocycles. The summed E-state index contributed by atoms with van der Waals surface area (Å²) in [5.74, 6) is 0. The van der Waals surface area contributed by atoms with E-state index in [1.807, 2.05) is 7.05 Å². The molecule has 0 amide bonds. The highest BCUT2D eigenvalue weighted by Gasteiger charge is 1.97. The zero-order valence-electron chi connectivity index (χ0n) is 7.18. The fourth-order valence-corrected chi connectivity index (χ4v) is 0.766. The summed E-state index contributed by atoms with van der Waals surface area (Å²) >= 11 is 0. The van der Waals surface area contributed by atoms with E-state index in [-0.39, 0.29) is 0 Å². The van der Waals surface area contributed by atoms with E-state index in [0.29, 0.717) is 0 Å². The van der Waals surface area contributed by atoms with Crippen molar-refractivity contribution in [2.24, 2.45) is 0 Å². The van der Waals surface area contributed by atoms with Gasteiger partial charge >= 0.3 is 0 Å². The van der Waals surface area contributed by atoms with Crippen LogP contribution in [0.4, 0.5) is 0 Å². The molecule has 0 unspecified atom stereocenters. The normalized spacial score (nSPS) is 10.8. The van der Waals surface area contributed by atoms with E-state index in [2.05, 4.69) is 17.1 Å². The van der Waals surface area contributed by atoms with Crippen molar-refractivity contribution in [3.63, 3.8) is 0 Å². The highest BCUT2D eigenvalue weighted by molar-refractivity contribution is 4.50. The van der Waals surface area contributed by atoms with Gasteiger partial charge in [0.2, 0.25) is 0 Å². The third-order valence-corrected chi connectivity index (χ3v) is 1.44. The average Bonchev–Trinajstić information content (AvgIpc) is 1.98. The second-order valence-electron chi connectivity index (χ2n) is 2.23. The van der Waals surface area contributed by atoms with Crippen molar-refractivity contribution >= 4 is 0 Å². The molecule has 0 atom stereocenters. The first kappa shape index (κ1) is 9.88. The number of hydrogen-bond donors (Lipinski definition) is 1. The molecule has 0 radical (unpaired) electrons. The van der Waals surface area contributed by atoms with E-state index in [0.717, 1.165) is 26.4 Å². The maximum absolute atomic E-state index is 4.99. The molecule has 3 nitrogen and oxygen atoms in total. The fourth-order valence-electron chi connectivity index (χ4n) is 0.766. The second-order valence-corrected chi connectivity index (χ2v) is 2.23. The Bertz CT molecular complexity index is 68.6. The molecule has 0 heterocycles. The van der Waals surface area contributed by atoms with Crippen molar-refractivity contribution in [3.05, 3.63) is 0 Å². The number of likely N-dealkylation sites (N-methyl/N-ethyl adjacent to an activating group) is 2. The van der Waals surface area contributed by atoms with E-state index < -0.39 is 0 Å². The smallest absolute Gasteiger partial charge is 0.0986 e. The van der Waals surface area contributed by atoms with Gasteiger partial charge in [0, 0.05) is 20.2 Å². The number of methoxy groups -OCH3 is 1. The Morgan fingerprint density at radius 3 is 2.60 bits per heavy atom. The Labute approximate surface area is 63.4 Å². The highest BCUT2D eigenvalue weighted by atomic mass is 16.5. The Morgan fingerprint density at radius 2 is 2.20 bits per heavy atom. The SMILES string of the molecule is CCN(CCNC)COC. The van der Waals surface area contributed by atoms with Crippen LogP contribution in [0.3, 0.4) is 0 Å². The van der Waals surface area contributed by atoms with Crippen LogP contribution in [0.25, 0.3) is 0 Å². The van der Waals surface area contributed by atoms with Crippen LogP contribution in [0.15, 0.2) is 0 Å². The third kappa shape index (κ3) is 4.73. The molecule has 0 aromatic heterocycles. The van der Waals surface area contributed by atoms with Gasteiger partial charge in [-0.05, 0) is 13.6 Å². The maximum atomic E-state index is 4.99. The predicted octanol–water partition coefficient (Wildman–Crippen LogP) is 0.132. The largest absolute Gasteiger partial charge is 0.369 e. The first-order valence-electron chi connectivity index (χ1n) is 3.71. The molecule has 0 aliphatic carbocycles. The predicted molar refractivity (Wildman–Crippen MR) is 43.0 cm³/mol. The highest BCUT2D eigenvalue weighted by Crippen LogP contribution is 1.84. The number of nitrogens with one attached hydrogen (secondary N) is 1. The van der Waals surface area contributed by atoms with Gasteiger partial charge in [0.1, 0.15) is 0 Å². The van der Waals surface area contributed by atoms with Gasteiger partial charge in [0.05, 0.1) is 6.73 Å². The van der Waals surface area contributed by atoms with Crippen LogP contribution in [-0.4, -0.2) is 45.4 Å². The third-order valence-electron chi connectivity index (χ3n) is 1.44. The molecule has 0 saturated carbocycles. The number of hydrogen-bond acceptors (Lipinski definition) is 3. The van der Waals surface area contributed by atoms with Gasteiger partial charge in [-0.2, -0.15) is 0 Å². The molecule has 0 saturated heterocycles. The van der Waals surface area contributed by atoms with Crippen LogP contribution in [0.2, 0.25) is 0 Å². The summed E-state index contributed by atoms with van der Waals surface area (Å²) in [6.07, 6.45) is 0. The zero-order valence-corrected chi connectivity index (χ0v) is 7.18. The topological polar surface area (TPSA) is 24.5 Å². The van der Waals surface area contributed by atoms with E-state index in [1.165, 1.54) is 0 Å². The molecule has 0 spiro atoms. The first-order valence-corrected chi connectivity index (χ1v) is 3.71. The average molecular weight is 146 g/mol. The monoisotopic (exact) mass is 146 g/mol. The summed E-state index contributed by atoms with van der Waals surface area (Å²) in [5.41, 5.74) is 0. The van der Waals surface area contributed by atoms with Gasteiger partial charge in [-0.3, -0.25) is 4.90 Å². The summed E-state index contributed by atoms with van der Waals surface area (Å²) < 4.78 is 4.99. The van der Waals surface area contributed by atoms with Crippen LogP contribution in [-0.2, 0) is 4.74 Å². The van der Waals surface area contributed by atoms with Crippen molar-refractivity contribution in [3.8, 4) is 0 Å². The molecular weight excluding hydrogens is 128 g/mol. The molecule has 0 fully saturated rings. The van der Waals surface area contributed by atoms with E-state index in [4.69, 9.17) is 4.74 Å². The van der Waals surface area contributed by atoms with Gasteiger partial charge in [0.15, 0.2) is 0 Å². The Hall–Kier alpha value is -0.120. The minimum atomic E-state index is 0.734. The lowest BCUT2D eigenvalue weighted by Crippen LogP contribution is -2.32. The van der Waals surface area contributed by atoms with Crippen molar-refractivity contribution in [2.45, 2.75) is 6.92 Å². The van der Waals surface area contributed by atoms with Crippen LogP contribution >= 0.6 is 0 Å². The van der Waals surface area contributed by atoms with E-state index >= 15 is 0 Å². The molecule has 10 heavy (non-hydrogen) atoms. The Kier molecular flexibility index (Phi) is 6.91. The summed E-state index contributed by atoms with van der Waals surface area (Å²) in [6, 6.07) is 0. The standard InChI is InChI=1S/C7H18N2O/c1-4-9(7-10-3)6-5-8-2/h8H,4-7H2,1-3H3. The van der Waals surface area contributed by atoms with E-state index in [9.17, 15) is 0 Å². The molecule has 0 aliphatic rings. The fraction of sp³-hybridized carbons (Fsp3) is 1.00. The molecule has 1 N–H and O–H groups in total. The summed E-state index contributed by atoms with van der Waals surface area (Å²) in [6.45, 7) is 6.00. The van der Waals surface area contributed by atoms with Crippen molar-refractivity contribution in [2.75, 3.05) is 40.5 Å². The van der Waals surface area contributed by atoms with Crippen molar-refractivity contribution in [1.82, 2.24) is 10.2 Å². The Morgan fingerprint density at radius 1 is 1.50 bits per heavy atom. The van der Waals surface area contributed by atoms with Gasteiger partial charge < -0.3 is 10.1 Å². The molecule has 0 aromatic rings. The summed E-state index contributed by atoms with van der Waals surface area (Å²) in [5, 5.41) is 3.09. The van der Waals surface area contributed by atoms with E-state index in [1.54, 1.807) is 7.11 Å². The van der Waals surface area contributed by atoms with Gasteiger partial charge in [-0.25, -0.2) is 0 Å². The Balaban J connectivity index is 3.21. The van der Waals surface area contributed by atoms with Gasteiger partial charge in [-0.15, -0.1) is 0 Å². The molecule has 0 rings (SSSR count). The second kappa shape index (κ2) is 6.99. The van der Waals surface area contributed by atoms with Gasteiger partial charge in [0.25, 0.3) is 0 Å².